The molecule has 2 aliphatic rings. The Morgan fingerprint density at radius 3 is 3.27 bits per heavy atom. The Kier molecular flexibility index (Phi) is 1.91. The van der Waals surface area contributed by atoms with E-state index in [2.05, 4.69) is 5.43 Å². The first-order valence-electron chi connectivity index (χ1n) is 3.83. The molecule has 2 fully saturated rings. The van der Waals surface area contributed by atoms with E-state index in [1.54, 1.807) is 11.8 Å². The van der Waals surface area contributed by atoms with Crippen LogP contribution in [0.5, 0.6) is 0 Å². The first-order chi connectivity index (χ1) is 5.29. The number of thioether (sulfide) groups is 1. The lowest BCUT2D eigenvalue weighted by molar-refractivity contribution is -0.120. The Morgan fingerprint density at radius 1 is 1.73 bits per heavy atom. The minimum atomic E-state index is 0.0914. The number of ketones is 1. The van der Waals surface area contributed by atoms with Gasteiger partial charge < -0.3 is 10.4 Å². The Bertz CT molecular complexity index is 185. The number of carbonyl (C=O) groups is 1. The molecule has 11 heavy (non-hydrogen) atoms. The molecule has 4 heteroatoms. The molecule has 0 aliphatic carbocycles. The molecule has 0 spiro atoms. The fraction of sp³-hybridized carbons (Fsp3) is 0.857. The molecular formula is C7H11N2OS-. The quantitative estimate of drug-likeness (QED) is 0.537. The summed E-state index contributed by atoms with van der Waals surface area (Å²) in [4.78, 5) is 11.3. The third-order valence-electron chi connectivity index (χ3n) is 2.26. The number of hydrogen-bond acceptors (Lipinski definition) is 3. The Labute approximate surface area is 70.5 Å². The van der Waals surface area contributed by atoms with Crippen LogP contribution in [-0.4, -0.2) is 41.4 Å². The van der Waals surface area contributed by atoms with Crippen LogP contribution in [0.25, 0.3) is 5.43 Å². The third-order valence-corrected chi connectivity index (χ3v) is 3.63. The van der Waals surface area contributed by atoms with Gasteiger partial charge in [-0.25, -0.2) is 0 Å². The Hall–Kier alpha value is -0.0600. The van der Waals surface area contributed by atoms with E-state index in [1.807, 2.05) is 12.1 Å². The summed E-state index contributed by atoms with van der Waals surface area (Å²) >= 11 is 1.79. The zero-order valence-electron chi connectivity index (χ0n) is 6.49. The molecule has 62 valence electrons. The number of fused-ring (bicyclic) bond motifs is 1. The van der Waals surface area contributed by atoms with Crippen LogP contribution in [0, 0.1) is 0 Å². The standard InChI is InChI=1S/C7H11N2OS/c1-9-7-5(10)4-11-6(7)2-3-8-9/h6-7H,2-4H2,1H3/q-1. The zero-order chi connectivity index (χ0) is 7.84. The maximum atomic E-state index is 11.3. The molecule has 0 aromatic carbocycles. The molecule has 0 amide bonds. The number of likely N-dealkylation sites (N-methyl/N-ethyl adjacent to an activating group) is 1. The van der Waals surface area contributed by atoms with Gasteiger partial charge in [-0.3, -0.25) is 4.79 Å². The predicted molar refractivity (Wildman–Crippen MR) is 45.6 cm³/mol. The predicted octanol–water partition coefficient (Wildman–Crippen LogP) is 0.664. The highest BCUT2D eigenvalue weighted by molar-refractivity contribution is 8.01. The summed E-state index contributed by atoms with van der Waals surface area (Å²) in [5.74, 6) is 1.04. The lowest BCUT2D eigenvalue weighted by atomic mass is 10.1. The lowest BCUT2D eigenvalue weighted by Crippen LogP contribution is -2.43. The highest BCUT2D eigenvalue weighted by Gasteiger charge is 2.36. The normalized spacial score (nSPS) is 39.2. The van der Waals surface area contributed by atoms with Crippen LogP contribution in [-0.2, 0) is 4.79 Å². The fourth-order valence-electron chi connectivity index (χ4n) is 1.69. The highest BCUT2D eigenvalue weighted by atomic mass is 32.2. The van der Waals surface area contributed by atoms with Crippen molar-refractivity contribution < 1.29 is 4.79 Å². The van der Waals surface area contributed by atoms with Crippen molar-refractivity contribution in [2.24, 2.45) is 0 Å². The molecule has 2 atom stereocenters. The molecule has 3 nitrogen and oxygen atoms in total. The van der Waals surface area contributed by atoms with Gasteiger partial charge in [0.05, 0.1) is 11.8 Å². The molecule has 2 aliphatic heterocycles. The first-order valence-corrected chi connectivity index (χ1v) is 4.88. The van der Waals surface area contributed by atoms with Crippen molar-refractivity contribution >= 4 is 17.5 Å². The van der Waals surface area contributed by atoms with Crippen LogP contribution in [0.4, 0.5) is 0 Å². The zero-order valence-corrected chi connectivity index (χ0v) is 7.30. The van der Waals surface area contributed by atoms with Crippen LogP contribution in [0.1, 0.15) is 6.42 Å². The van der Waals surface area contributed by atoms with Crippen molar-refractivity contribution in [3.05, 3.63) is 5.43 Å². The van der Waals surface area contributed by atoms with Crippen molar-refractivity contribution in [2.45, 2.75) is 17.7 Å². The van der Waals surface area contributed by atoms with E-state index >= 15 is 0 Å². The smallest absolute Gasteiger partial charge is 0.159 e. The Morgan fingerprint density at radius 2 is 2.55 bits per heavy atom. The van der Waals surface area contributed by atoms with Crippen LogP contribution >= 0.6 is 11.8 Å². The number of nitrogens with zero attached hydrogens (tertiary/aromatic N) is 2. The van der Waals surface area contributed by atoms with Gasteiger partial charge in [-0.15, -0.1) is 18.3 Å². The summed E-state index contributed by atoms with van der Waals surface area (Å²) < 4.78 is 0. The summed E-state index contributed by atoms with van der Waals surface area (Å²) in [5, 5.41) is 2.36. The van der Waals surface area contributed by atoms with E-state index in [4.69, 9.17) is 0 Å². The van der Waals surface area contributed by atoms with Crippen molar-refractivity contribution in [3.8, 4) is 0 Å². The van der Waals surface area contributed by atoms with Gasteiger partial charge in [-0.1, -0.05) is 6.42 Å². The molecule has 0 aromatic rings. The molecule has 2 rings (SSSR count). The van der Waals surface area contributed by atoms with E-state index in [-0.39, 0.29) is 6.04 Å². The molecule has 0 N–H and O–H groups in total. The average Bonchev–Trinajstić information content (AvgIpc) is 2.34. The summed E-state index contributed by atoms with van der Waals surface area (Å²) in [7, 11) is 1.90. The summed E-state index contributed by atoms with van der Waals surface area (Å²) in [5.41, 5.74) is 4.22. The number of carbonyl (C=O) groups excluding carboxylic acids is 1. The van der Waals surface area contributed by atoms with Gasteiger partial charge in [-0.2, -0.15) is 0 Å². The molecule has 0 aromatic heterocycles. The summed E-state index contributed by atoms with van der Waals surface area (Å²) in [6.45, 7) is 0.887. The monoisotopic (exact) mass is 171 g/mol. The van der Waals surface area contributed by atoms with Gasteiger partial charge in [0.25, 0.3) is 0 Å². The van der Waals surface area contributed by atoms with Crippen LogP contribution in [0.15, 0.2) is 0 Å². The maximum Gasteiger partial charge on any atom is 0.159 e. The van der Waals surface area contributed by atoms with Gasteiger partial charge in [0.1, 0.15) is 0 Å². The third kappa shape index (κ3) is 1.19. The SMILES string of the molecule is CN1[N-]CCC2SCC(=O)C21. The molecule has 2 unspecified atom stereocenters. The van der Waals surface area contributed by atoms with E-state index < -0.39 is 0 Å². The average molecular weight is 171 g/mol. The molecule has 0 radical (unpaired) electrons. The van der Waals surface area contributed by atoms with E-state index in [1.165, 1.54) is 0 Å². The summed E-state index contributed by atoms with van der Waals surface area (Å²) in [6, 6.07) is 0.0914. The second-order valence-electron chi connectivity index (χ2n) is 2.99. The van der Waals surface area contributed by atoms with Gasteiger partial charge in [0.15, 0.2) is 5.78 Å². The number of Topliss-reactive ketones (excluding diaryl/α,β-unsaturated/α-hetero) is 1. The first kappa shape index (κ1) is 7.58. The second kappa shape index (κ2) is 2.77. The Balaban J connectivity index is 2.14. The molecule has 0 saturated carbocycles. The molecule has 0 bridgehead atoms. The van der Waals surface area contributed by atoms with E-state index in [9.17, 15) is 4.79 Å². The number of hydrogen-bond donors (Lipinski definition) is 0. The van der Waals surface area contributed by atoms with Gasteiger partial charge in [-0.05, 0) is 7.05 Å². The lowest BCUT2D eigenvalue weighted by Gasteiger charge is -2.45. The summed E-state index contributed by atoms with van der Waals surface area (Å²) in [6.07, 6.45) is 1.07. The van der Waals surface area contributed by atoms with E-state index in [0.29, 0.717) is 16.8 Å². The van der Waals surface area contributed by atoms with Gasteiger partial charge >= 0.3 is 0 Å². The molecule has 2 heterocycles. The van der Waals surface area contributed by atoms with Crippen LogP contribution < -0.4 is 0 Å². The van der Waals surface area contributed by atoms with E-state index in [0.717, 1.165) is 13.0 Å². The molecular weight excluding hydrogens is 160 g/mol. The second-order valence-corrected chi connectivity index (χ2v) is 4.22. The van der Waals surface area contributed by atoms with Gasteiger partial charge in [0, 0.05) is 5.25 Å². The van der Waals surface area contributed by atoms with Crippen molar-refractivity contribution in [1.29, 1.82) is 0 Å². The van der Waals surface area contributed by atoms with Gasteiger partial charge in [0.2, 0.25) is 0 Å². The topological polar surface area (TPSA) is 34.4 Å². The van der Waals surface area contributed by atoms with Crippen molar-refractivity contribution in [2.75, 3.05) is 19.3 Å². The van der Waals surface area contributed by atoms with Crippen LogP contribution in [0.3, 0.4) is 0 Å². The number of rotatable bonds is 0. The van der Waals surface area contributed by atoms with Crippen molar-refractivity contribution in [1.82, 2.24) is 5.01 Å². The molecule has 2 saturated heterocycles. The highest BCUT2D eigenvalue weighted by Crippen LogP contribution is 2.34. The minimum Gasteiger partial charge on any atom is -0.594 e. The maximum absolute atomic E-state index is 11.3. The largest absolute Gasteiger partial charge is 0.594 e. The minimum absolute atomic E-state index is 0.0914. The van der Waals surface area contributed by atoms with Crippen LogP contribution in [0.2, 0.25) is 0 Å². The fourth-order valence-corrected chi connectivity index (χ4v) is 3.03. The van der Waals surface area contributed by atoms with Crippen molar-refractivity contribution in [3.63, 3.8) is 0 Å².